The molecule has 1 amide bonds. The molecule has 0 unspecified atom stereocenters. The number of carbonyl (C=O) groups excluding carboxylic acids is 1. The lowest BCUT2D eigenvalue weighted by atomic mass is 10.1. The monoisotopic (exact) mass is 281 g/mol. The molecule has 0 bridgehead atoms. The van der Waals surface area contributed by atoms with Gasteiger partial charge in [-0.25, -0.2) is 0 Å². The van der Waals surface area contributed by atoms with Crippen molar-refractivity contribution in [3.63, 3.8) is 0 Å². The number of hydrogen-bond donors (Lipinski definition) is 0. The smallest absolute Gasteiger partial charge is 0.231 e. The van der Waals surface area contributed by atoms with Crippen LogP contribution in [0.3, 0.4) is 0 Å². The second-order valence-electron chi connectivity index (χ2n) is 5.47. The van der Waals surface area contributed by atoms with Crippen LogP contribution in [0, 0.1) is 5.92 Å². The van der Waals surface area contributed by atoms with Crippen molar-refractivity contribution in [1.29, 1.82) is 0 Å². The highest BCUT2D eigenvalue weighted by atomic mass is 16.2. The van der Waals surface area contributed by atoms with Crippen molar-refractivity contribution in [2.45, 2.75) is 12.3 Å². The standard InChI is InChI=1S/C17H19N3O/c1-3-9-20(14-7-5-4-6-8-14)17(21)16-10-15(16)13-11-18-19(2)12-13/h3-8,11-12,15-16H,1,9-10H2,2H3/t15-,16+/m1/s1. The molecule has 1 aliphatic carbocycles. The molecule has 2 aromatic rings. The SMILES string of the molecule is C=CCN(C(=O)[C@H]1C[C@@H]1c1cnn(C)c1)c1ccccc1. The third kappa shape index (κ3) is 2.75. The summed E-state index contributed by atoms with van der Waals surface area (Å²) in [6.45, 7) is 4.30. The molecule has 108 valence electrons. The van der Waals surface area contributed by atoms with E-state index in [0.717, 1.165) is 17.7 Å². The van der Waals surface area contributed by atoms with Crippen molar-refractivity contribution in [3.05, 3.63) is 60.9 Å². The first kappa shape index (κ1) is 13.6. The number of benzene rings is 1. The van der Waals surface area contributed by atoms with Gasteiger partial charge in [0.1, 0.15) is 0 Å². The lowest BCUT2D eigenvalue weighted by molar-refractivity contribution is -0.119. The molecule has 21 heavy (non-hydrogen) atoms. The zero-order valence-corrected chi connectivity index (χ0v) is 12.1. The Labute approximate surface area is 124 Å². The van der Waals surface area contributed by atoms with Crippen LogP contribution in [0.15, 0.2) is 55.4 Å². The zero-order valence-electron chi connectivity index (χ0n) is 12.1. The second kappa shape index (κ2) is 5.56. The van der Waals surface area contributed by atoms with Crippen molar-refractivity contribution in [2.24, 2.45) is 13.0 Å². The number of nitrogens with zero attached hydrogens (tertiary/aromatic N) is 3. The summed E-state index contributed by atoms with van der Waals surface area (Å²) in [6.07, 6.45) is 6.54. The number of aromatic nitrogens is 2. The van der Waals surface area contributed by atoms with Gasteiger partial charge in [0.15, 0.2) is 0 Å². The topological polar surface area (TPSA) is 38.1 Å². The van der Waals surface area contributed by atoms with Gasteiger partial charge in [0.25, 0.3) is 0 Å². The first-order chi connectivity index (χ1) is 10.2. The normalized spacial score (nSPS) is 20.0. The summed E-state index contributed by atoms with van der Waals surface area (Å²) >= 11 is 0. The van der Waals surface area contributed by atoms with Crippen LogP contribution >= 0.6 is 0 Å². The van der Waals surface area contributed by atoms with Gasteiger partial charge in [-0.05, 0) is 30.0 Å². The fourth-order valence-electron chi connectivity index (χ4n) is 2.73. The number of amides is 1. The Morgan fingerprint density at radius 1 is 1.48 bits per heavy atom. The number of aryl methyl sites for hydroxylation is 1. The average Bonchev–Trinajstić information content (AvgIpc) is 3.20. The molecular formula is C17H19N3O. The maximum atomic E-state index is 12.7. The van der Waals surface area contributed by atoms with Gasteiger partial charge in [-0.2, -0.15) is 5.10 Å². The summed E-state index contributed by atoms with van der Waals surface area (Å²) in [5.41, 5.74) is 2.08. The average molecular weight is 281 g/mol. The molecule has 0 N–H and O–H groups in total. The third-order valence-electron chi connectivity index (χ3n) is 3.91. The Balaban J connectivity index is 1.76. The van der Waals surface area contributed by atoms with E-state index in [9.17, 15) is 4.79 Å². The summed E-state index contributed by atoms with van der Waals surface area (Å²) in [5.74, 6) is 0.548. The maximum Gasteiger partial charge on any atom is 0.231 e. The summed E-state index contributed by atoms with van der Waals surface area (Å²) in [6, 6.07) is 9.77. The molecule has 4 nitrogen and oxygen atoms in total. The number of para-hydroxylation sites is 1. The predicted octanol–water partition coefficient (Wildman–Crippen LogP) is 2.74. The molecule has 1 aliphatic rings. The van der Waals surface area contributed by atoms with Crippen LogP contribution in [0.5, 0.6) is 0 Å². The highest BCUT2D eigenvalue weighted by Crippen LogP contribution is 2.48. The van der Waals surface area contributed by atoms with Gasteiger partial charge in [0.05, 0.1) is 6.20 Å². The number of rotatable bonds is 5. The number of anilines is 1. The molecule has 0 radical (unpaired) electrons. The molecule has 4 heteroatoms. The van der Waals surface area contributed by atoms with E-state index in [4.69, 9.17) is 0 Å². The van der Waals surface area contributed by atoms with Crippen LogP contribution in [0.25, 0.3) is 0 Å². The van der Waals surface area contributed by atoms with E-state index < -0.39 is 0 Å². The molecule has 0 saturated heterocycles. The van der Waals surface area contributed by atoms with Crippen molar-refractivity contribution >= 4 is 11.6 Å². The number of hydrogen-bond acceptors (Lipinski definition) is 2. The fraction of sp³-hybridized carbons (Fsp3) is 0.294. The zero-order chi connectivity index (χ0) is 14.8. The Kier molecular flexibility index (Phi) is 3.60. The largest absolute Gasteiger partial charge is 0.308 e. The van der Waals surface area contributed by atoms with E-state index in [1.165, 1.54) is 0 Å². The predicted molar refractivity (Wildman–Crippen MR) is 83.0 cm³/mol. The second-order valence-corrected chi connectivity index (χ2v) is 5.47. The highest BCUT2D eigenvalue weighted by molar-refractivity contribution is 5.97. The van der Waals surface area contributed by atoms with Crippen LogP contribution in [-0.2, 0) is 11.8 Å². The first-order valence-corrected chi connectivity index (χ1v) is 7.16. The molecule has 1 aromatic carbocycles. The van der Waals surface area contributed by atoms with E-state index >= 15 is 0 Å². The van der Waals surface area contributed by atoms with Crippen LogP contribution < -0.4 is 4.90 Å². The van der Waals surface area contributed by atoms with E-state index in [1.807, 2.05) is 54.7 Å². The molecule has 1 fully saturated rings. The summed E-state index contributed by atoms with van der Waals surface area (Å²) in [5, 5.41) is 4.19. The maximum absolute atomic E-state index is 12.7. The van der Waals surface area contributed by atoms with Gasteiger partial charge in [0.2, 0.25) is 5.91 Å². The van der Waals surface area contributed by atoms with Crippen molar-refractivity contribution in [1.82, 2.24) is 9.78 Å². The van der Waals surface area contributed by atoms with E-state index in [1.54, 1.807) is 10.8 Å². The van der Waals surface area contributed by atoms with Crippen LogP contribution in [0.1, 0.15) is 17.9 Å². The van der Waals surface area contributed by atoms with Gasteiger partial charge >= 0.3 is 0 Å². The van der Waals surface area contributed by atoms with E-state index in [2.05, 4.69) is 11.7 Å². The summed E-state index contributed by atoms with van der Waals surface area (Å²) in [7, 11) is 1.90. The Hall–Kier alpha value is -2.36. The van der Waals surface area contributed by atoms with Crippen molar-refractivity contribution in [2.75, 3.05) is 11.4 Å². The third-order valence-corrected chi connectivity index (χ3v) is 3.91. The van der Waals surface area contributed by atoms with Gasteiger partial charge in [0, 0.05) is 31.4 Å². The Morgan fingerprint density at radius 3 is 2.86 bits per heavy atom. The molecule has 3 rings (SSSR count). The molecule has 1 heterocycles. The minimum atomic E-state index is 0.0642. The minimum Gasteiger partial charge on any atom is -0.308 e. The molecule has 2 atom stereocenters. The highest BCUT2D eigenvalue weighted by Gasteiger charge is 2.46. The molecule has 0 spiro atoms. The summed E-state index contributed by atoms with van der Waals surface area (Å²) in [4.78, 5) is 14.6. The Morgan fingerprint density at radius 2 is 2.24 bits per heavy atom. The van der Waals surface area contributed by atoms with Crippen LogP contribution in [0.2, 0.25) is 0 Å². The lowest BCUT2D eigenvalue weighted by Crippen LogP contribution is -2.32. The van der Waals surface area contributed by atoms with Gasteiger partial charge in [-0.15, -0.1) is 6.58 Å². The minimum absolute atomic E-state index is 0.0642. The van der Waals surface area contributed by atoms with Crippen LogP contribution in [-0.4, -0.2) is 22.2 Å². The van der Waals surface area contributed by atoms with Gasteiger partial charge in [-0.1, -0.05) is 24.3 Å². The van der Waals surface area contributed by atoms with Crippen molar-refractivity contribution < 1.29 is 4.79 Å². The first-order valence-electron chi connectivity index (χ1n) is 7.16. The lowest BCUT2D eigenvalue weighted by Gasteiger charge is -2.21. The molecule has 1 aromatic heterocycles. The molecule has 1 saturated carbocycles. The number of carbonyl (C=O) groups is 1. The Bertz CT molecular complexity index is 647. The summed E-state index contributed by atoms with van der Waals surface area (Å²) < 4.78 is 1.79. The van der Waals surface area contributed by atoms with E-state index in [-0.39, 0.29) is 11.8 Å². The van der Waals surface area contributed by atoms with Crippen LogP contribution in [0.4, 0.5) is 5.69 Å². The van der Waals surface area contributed by atoms with E-state index in [0.29, 0.717) is 12.5 Å². The quantitative estimate of drug-likeness (QED) is 0.790. The van der Waals surface area contributed by atoms with Gasteiger partial charge in [-0.3, -0.25) is 9.48 Å². The molecule has 0 aliphatic heterocycles. The van der Waals surface area contributed by atoms with Crippen molar-refractivity contribution in [3.8, 4) is 0 Å². The molecular weight excluding hydrogens is 262 g/mol. The van der Waals surface area contributed by atoms with Gasteiger partial charge < -0.3 is 4.90 Å². The fourth-order valence-corrected chi connectivity index (χ4v) is 2.73.